The lowest BCUT2D eigenvalue weighted by atomic mass is 10.2. The molecule has 0 radical (unpaired) electrons. The summed E-state index contributed by atoms with van der Waals surface area (Å²) in [6.07, 6.45) is 4.30. The Labute approximate surface area is 189 Å². The number of nitrogens with zero attached hydrogens (tertiary/aromatic N) is 4. The van der Waals surface area contributed by atoms with Crippen LogP contribution in [0.25, 0.3) is 0 Å². The maximum Gasteiger partial charge on any atom is 0.224 e. The summed E-state index contributed by atoms with van der Waals surface area (Å²) in [7, 11) is 0. The van der Waals surface area contributed by atoms with Crippen molar-refractivity contribution < 1.29 is 4.79 Å². The lowest BCUT2D eigenvalue weighted by molar-refractivity contribution is -0.131. The Morgan fingerprint density at radius 1 is 1.13 bits per heavy atom. The molecule has 0 atom stereocenters. The van der Waals surface area contributed by atoms with E-state index in [4.69, 9.17) is 0 Å². The van der Waals surface area contributed by atoms with Gasteiger partial charge in [-0.3, -0.25) is 9.79 Å². The molecule has 7 nitrogen and oxygen atoms in total. The zero-order valence-electron chi connectivity index (χ0n) is 18.6. The molecule has 168 valence electrons. The Morgan fingerprint density at radius 3 is 2.58 bits per heavy atom. The maximum atomic E-state index is 12.6. The molecular weight excluding hydrogens is 408 g/mol. The van der Waals surface area contributed by atoms with Gasteiger partial charge >= 0.3 is 0 Å². The molecule has 1 amide bonds. The van der Waals surface area contributed by atoms with Gasteiger partial charge in [-0.25, -0.2) is 4.98 Å². The van der Waals surface area contributed by atoms with Gasteiger partial charge in [-0.05, 0) is 25.5 Å². The van der Waals surface area contributed by atoms with E-state index in [1.165, 1.54) is 10.6 Å². The molecular formula is C23H34N6OS. The molecule has 1 aromatic heterocycles. The van der Waals surface area contributed by atoms with Gasteiger partial charge in [-0.1, -0.05) is 25.1 Å². The van der Waals surface area contributed by atoms with Crippen molar-refractivity contribution in [2.45, 2.75) is 33.1 Å². The molecule has 0 unspecified atom stereocenters. The predicted octanol–water partition coefficient (Wildman–Crippen LogP) is 2.54. The minimum Gasteiger partial charge on any atom is -0.368 e. The zero-order valence-corrected chi connectivity index (χ0v) is 19.5. The highest BCUT2D eigenvalue weighted by atomic mass is 32.1. The number of benzene rings is 1. The predicted molar refractivity (Wildman–Crippen MR) is 129 cm³/mol. The standard InChI is InChI=1S/C23H34N6OS/c1-3-20-18-27-21(31-20)10-12-25-23(24-4-2)26-13-11-22(30)29-16-14-28(15-17-29)19-8-6-5-7-9-19/h5-9,18H,3-4,10-17H2,1-2H3,(H2,24,25,26). The molecule has 1 aromatic carbocycles. The molecule has 0 spiro atoms. The van der Waals surface area contributed by atoms with Gasteiger partial charge in [0.1, 0.15) is 0 Å². The van der Waals surface area contributed by atoms with E-state index in [2.05, 4.69) is 56.7 Å². The number of aliphatic imine (C=N–C) groups is 1. The van der Waals surface area contributed by atoms with Crippen molar-refractivity contribution in [2.75, 3.05) is 50.7 Å². The molecule has 0 aliphatic carbocycles. The normalized spacial score (nSPS) is 14.6. The number of carbonyl (C=O) groups is 1. The van der Waals surface area contributed by atoms with Gasteiger partial charge in [0.05, 0.1) is 5.01 Å². The summed E-state index contributed by atoms with van der Waals surface area (Å²) in [6.45, 7) is 9.55. The smallest absolute Gasteiger partial charge is 0.224 e. The van der Waals surface area contributed by atoms with Crippen molar-refractivity contribution >= 4 is 28.9 Å². The van der Waals surface area contributed by atoms with Crippen LogP contribution in [0.3, 0.4) is 0 Å². The number of nitrogens with one attached hydrogen (secondary N) is 2. The van der Waals surface area contributed by atoms with Gasteiger partial charge in [-0.15, -0.1) is 11.3 Å². The Balaban J connectivity index is 1.38. The van der Waals surface area contributed by atoms with Crippen molar-refractivity contribution in [1.29, 1.82) is 0 Å². The van der Waals surface area contributed by atoms with Crippen molar-refractivity contribution in [2.24, 2.45) is 4.99 Å². The van der Waals surface area contributed by atoms with E-state index >= 15 is 0 Å². The number of hydrogen-bond donors (Lipinski definition) is 2. The highest BCUT2D eigenvalue weighted by molar-refractivity contribution is 7.11. The molecule has 2 aromatic rings. The number of thiazole rings is 1. The SMILES string of the molecule is CCNC(=NCCc1ncc(CC)s1)NCCC(=O)N1CCN(c2ccccc2)CC1. The minimum absolute atomic E-state index is 0.200. The number of piperazine rings is 1. The number of rotatable bonds is 9. The molecule has 3 rings (SSSR count). The molecule has 0 saturated carbocycles. The van der Waals surface area contributed by atoms with Gasteiger partial charge < -0.3 is 20.4 Å². The number of amides is 1. The van der Waals surface area contributed by atoms with Crippen LogP contribution in [0.1, 0.15) is 30.2 Å². The number of anilines is 1. The van der Waals surface area contributed by atoms with Crippen LogP contribution in [-0.2, 0) is 17.6 Å². The summed E-state index contributed by atoms with van der Waals surface area (Å²) in [6, 6.07) is 10.4. The second kappa shape index (κ2) is 12.3. The van der Waals surface area contributed by atoms with Crippen LogP contribution < -0.4 is 15.5 Å². The molecule has 1 aliphatic rings. The van der Waals surface area contributed by atoms with Crippen molar-refractivity contribution in [3.8, 4) is 0 Å². The Bertz CT molecular complexity index is 830. The van der Waals surface area contributed by atoms with E-state index in [0.717, 1.165) is 56.5 Å². The third-order valence-electron chi connectivity index (χ3n) is 5.27. The monoisotopic (exact) mass is 442 g/mol. The average molecular weight is 443 g/mol. The molecule has 31 heavy (non-hydrogen) atoms. The summed E-state index contributed by atoms with van der Waals surface area (Å²) >= 11 is 1.76. The number of carbonyl (C=O) groups excluding carboxylic acids is 1. The molecule has 2 heterocycles. The van der Waals surface area contributed by atoms with Gasteiger partial charge in [-0.2, -0.15) is 0 Å². The van der Waals surface area contributed by atoms with E-state index in [9.17, 15) is 4.79 Å². The first-order valence-electron chi connectivity index (χ1n) is 11.2. The van der Waals surface area contributed by atoms with E-state index in [-0.39, 0.29) is 5.91 Å². The number of hydrogen-bond acceptors (Lipinski definition) is 5. The third kappa shape index (κ3) is 7.24. The second-order valence-corrected chi connectivity index (χ2v) is 8.66. The minimum atomic E-state index is 0.200. The average Bonchev–Trinajstić information content (AvgIpc) is 3.28. The molecule has 8 heteroatoms. The largest absolute Gasteiger partial charge is 0.368 e. The van der Waals surface area contributed by atoms with E-state index in [1.54, 1.807) is 11.3 Å². The number of aromatic nitrogens is 1. The summed E-state index contributed by atoms with van der Waals surface area (Å²) < 4.78 is 0. The van der Waals surface area contributed by atoms with Crippen LogP contribution >= 0.6 is 11.3 Å². The van der Waals surface area contributed by atoms with Crippen LogP contribution in [0.15, 0.2) is 41.5 Å². The van der Waals surface area contributed by atoms with Crippen molar-refractivity contribution in [3.05, 3.63) is 46.4 Å². The maximum absolute atomic E-state index is 12.6. The van der Waals surface area contributed by atoms with Gasteiger partial charge in [0, 0.05) is 75.4 Å². The zero-order chi connectivity index (χ0) is 21.9. The van der Waals surface area contributed by atoms with Crippen LogP contribution in [0.5, 0.6) is 0 Å². The molecule has 2 N–H and O–H groups in total. The van der Waals surface area contributed by atoms with Gasteiger partial charge in [0.15, 0.2) is 5.96 Å². The highest BCUT2D eigenvalue weighted by Gasteiger charge is 2.20. The van der Waals surface area contributed by atoms with E-state index in [1.807, 2.05) is 24.1 Å². The van der Waals surface area contributed by atoms with Crippen LogP contribution in [-0.4, -0.2) is 67.6 Å². The van der Waals surface area contributed by atoms with Crippen molar-refractivity contribution in [3.63, 3.8) is 0 Å². The fourth-order valence-electron chi connectivity index (χ4n) is 3.53. The van der Waals surface area contributed by atoms with Crippen LogP contribution in [0.4, 0.5) is 5.69 Å². The van der Waals surface area contributed by atoms with Gasteiger partial charge in [0.25, 0.3) is 0 Å². The first-order chi connectivity index (χ1) is 15.2. The summed E-state index contributed by atoms with van der Waals surface area (Å²) in [5, 5.41) is 7.67. The quantitative estimate of drug-likeness (QED) is 0.461. The van der Waals surface area contributed by atoms with Gasteiger partial charge in [0.2, 0.25) is 5.91 Å². The summed E-state index contributed by atoms with van der Waals surface area (Å²) in [5.74, 6) is 0.961. The molecule has 0 bridgehead atoms. The highest BCUT2D eigenvalue weighted by Crippen LogP contribution is 2.16. The van der Waals surface area contributed by atoms with E-state index < -0.39 is 0 Å². The lowest BCUT2D eigenvalue weighted by Gasteiger charge is -2.36. The Kier molecular flexibility index (Phi) is 9.15. The number of guanidine groups is 1. The molecule has 1 fully saturated rings. The number of para-hydroxylation sites is 1. The Morgan fingerprint density at radius 2 is 1.90 bits per heavy atom. The topological polar surface area (TPSA) is 72.9 Å². The number of aryl methyl sites for hydroxylation is 1. The lowest BCUT2D eigenvalue weighted by Crippen LogP contribution is -2.49. The third-order valence-corrected chi connectivity index (χ3v) is 6.48. The fourth-order valence-corrected chi connectivity index (χ4v) is 4.38. The van der Waals surface area contributed by atoms with Crippen molar-refractivity contribution in [1.82, 2.24) is 20.5 Å². The molecule has 1 aliphatic heterocycles. The van der Waals surface area contributed by atoms with E-state index in [0.29, 0.717) is 19.5 Å². The second-order valence-electron chi connectivity index (χ2n) is 7.46. The first kappa shape index (κ1) is 23.1. The summed E-state index contributed by atoms with van der Waals surface area (Å²) in [4.78, 5) is 27.3. The fraction of sp³-hybridized carbons (Fsp3) is 0.522. The van der Waals surface area contributed by atoms with Crippen LogP contribution in [0.2, 0.25) is 0 Å². The first-order valence-corrected chi connectivity index (χ1v) is 12.0. The van der Waals surface area contributed by atoms with Crippen LogP contribution in [0, 0.1) is 0 Å². The summed E-state index contributed by atoms with van der Waals surface area (Å²) in [5.41, 5.74) is 1.23. The molecule has 1 saturated heterocycles. The Hall–Kier alpha value is -2.61.